The smallest absolute Gasteiger partial charge is 0.308 e. The molecular weight excluding hydrogens is 286 g/mol. The molecular formula is C16H21NO5. The van der Waals surface area contributed by atoms with E-state index in [0.29, 0.717) is 24.5 Å². The summed E-state index contributed by atoms with van der Waals surface area (Å²) in [6, 6.07) is 5.31. The van der Waals surface area contributed by atoms with E-state index in [2.05, 4.69) is 0 Å². The summed E-state index contributed by atoms with van der Waals surface area (Å²) >= 11 is 0. The Balaban J connectivity index is 2.09. The van der Waals surface area contributed by atoms with Crippen molar-refractivity contribution in [2.45, 2.75) is 19.3 Å². The Hall–Kier alpha value is -2.24. The maximum atomic E-state index is 12.4. The first-order valence-corrected chi connectivity index (χ1v) is 7.26. The highest BCUT2D eigenvalue weighted by Gasteiger charge is 2.28. The molecule has 0 saturated carbocycles. The van der Waals surface area contributed by atoms with Gasteiger partial charge in [0.05, 0.1) is 26.6 Å². The lowest BCUT2D eigenvalue weighted by atomic mass is 9.97. The number of piperidine rings is 1. The number of benzene rings is 1. The number of hydrogen-bond donors (Lipinski definition) is 1. The number of amides is 1. The average Bonchev–Trinajstić information content (AvgIpc) is 2.54. The molecule has 0 aliphatic carbocycles. The fourth-order valence-corrected chi connectivity index (χ4v) is 2.70. The maximum Gasteiger partial charge on any atom is 0.308 e. The third kappa shape index (κ3) is 3.69. The van der Waals surface area contributed by atoms with Crippen LogP contribution >= 0.6 is 0 Å². The number of rotatable bonds is 5. The first-order chi connectivity index (χ1) is 10.5. The molecule has 1 atom stereocenters. The number of methoxy groups -OCH3 is 2. The molecule has 1 N–H and O–H groups in total. The van der Waals surface area contributed by atoms with Crippen molar-refractivity contribution in [3.8, 4) is 11.5 Å². The second-order valence-corrected chi connectivity index (χ2v) is 5.37. The topological polar surface area (TPSA) is 76.1 Å². The zero-order chi connectivity index (χ0) is 16.1. The first-order valence-electron chi connectivity index (χ1n) is 7.26. The van der Waals surface area contributed by atoms with Gasteiger partial charge < -0.3 is 19.5 Å². The van der Waals surface area contributed by atoms with E-state index in [4.69, 9.17) is 14.6 Å². The van der Waals surface area contributed by atoms with E-state index in [-0.39, 0.29) is 18.9 Å². The van der Waals surface area contributed by atoms with Crippen molar-refractivity contribution < 1.29 is 24.2 Å². The van der Waals surface area contributed by atoms with Crippen LogP contribution in [-0.2, 0) is 16.0 Å². The molecule has 6 nitrogen and oxygen atoms in total. The molecule has 0 radical (unpaired) electrons. The van der Waals surface area contributed by atoms with Crippen LogP contribution < -0.4 is 9.47 Å². The van der Waals surface area contributed by atoms with Gasteiger partial charge in [-0.05, 0) is 31.0 Å². The molecule has 1 heterocycles. The van der Waals surface area contributed by atoms with Crippen LogP contribution in [0, 0.1) is 5.92 Å². The summed E-state index contributed by atoms with van der Waals surface area (Å²) in [4.78, 5) is 25.2. The SMILES string of the molecule is COc1ccc(OC)c(CC(=O)N2CCCC(C(=O)O)C2)c1. The van der Waals surface area contributed by atoms with E-state index in [9.17, 15) is 9.59 Å². The molecule has 1 aromatic carbocycles. The molecule has 1 fully saturated rings. The summed E-state index contributed by atoms with van der Waals surface area (Å²) in [6.45, 7) is 0.884. The molecule has 2 rings (SSSR count). The highest BCUT2D eigenvalue weighted by Crippen LogP contribution is 2.25. The molecule has 6 heteroatoms. The quantitative estimate of drug-likeness (QED) is 0.893. The molecule has 1 aliphatic heterocycles. The average molecular weight is 307 g/mol. The second-order valence-electron chi connectivity index (χ2n) is 5.37. The van der Waals surface area contributed by atoms with E-state index >= 15 is 0 Å². The van der Waals surface area contributed by atoms with Gasteiger partial charge in [-0.3, -0.25) is 9.59 Å². The number of carbonyl (C=O) groups is 2. The molecule has 120 valence electrons. The lowest BCUT2D eigenvalue weighted by molar-refractivity contribution is -0.145. The predicted octanol–water partition coefficient (Wildman–Crippen LogP) is 1.57. The van der Waals surface area contributed by atoms with Gasteiger partial charge in [0.25, 0.3) is 0 Å². The van der Waals surface area contributed by atoms with Crippen molar-refractivity contribution in [3.05, 3.63) is 23.8 Å². The molecule has 1 aliphatic rings. The van der Waals surface area contributed by atoms with Crippen LogP contribution in [0.2, 0.25) is 0 Å². The van der Waals surface area contributed by atoms with E-state index in [1.54, 1.807) is 37.3 Å². The zero-order valence-corrected chi connectivity index (χ0v) is 12.9. The van der Waals surface area contributed by atoms with Gasteiger partial charge in [0.15, 0.2) is 0 Å². The molecule has 0 spiro atoms. The summed E-state index contributed by atoms with van der Waals surface area (Å²) in [5.41, 5.74) is 0.740. The van der Waals surface area contributed by atoms with Crippen molar-refractivity contribution in [1.82, 2.24) is 4.90 Å². The van der Waals surface area contributed by atoms with Crippen molar-refractivity contribution in [2.75, 3.05) is 27.3 Å². The minimum absolute atomic E-state index is 0.0856. The molecule has 1 aromatic rings. The summed E-state index contributed by atoms with van der Waals surface area (Å²) in [5.74, 6) is -0.106. The lowest BCUT2D eigenvalue weighted by Crippen LogP contribution is -2.43. The molecule has 0 bridgehead atoms. The molecule has 22 heavy (non-hydrogen) atoms. The summed E-state index contributed by atoms with van der Waals surface area (Å²) in [5, 5.41) is 9.10. The molecule has 1 amide bonds. The molecule has 1 unspecified atom stereocenters. The third-order valence-corrected chi connectivity index (χ3v) is 3.95. The fourth-order valence-electron chi connectivity index (χ4n) is 2.70. The minimum Gasteiger partial charge on any atom is -0.497 e. The van der Waals surface area contributed by atoms with Gasteiger partial charge >= 0.3 is 5.97 Å². The van der Waals surface area contributed by atoms with Crippen molar-refractivity contribution in [1.29, 1.82) is 0 Å². The van der Waals surface area contributed by atoms with Crippen LogP contribution in [0.5, 0.6) is 11.5 Å². The van der Waals surface area contributed by atoms with Crippen LogP contribution in [0.1, 0.15) is 18.4 Å². The minimum atomic E-state index is -0.837. The number of likely N-dealkylation sites (tertiary alicyclic amines) is 1. The van der Waals surface area contributed by atoms with E-state index < -0.39 is 11.9 Å². The van der Waals surface area contributed by atoms with Gasteiger partial charge in [-0.2, -0.15) is 0 Å². The van der Waals surface area contributed by atoms with Gasteiger partial charge in [0.2, 0.25) is 5.91 Å². The summed E-state index contributed by atoms with van der Waals surface area (Å²) in [7, 11) is 3.12. The van der Waals surface area contributed by atoms with Gasteiger partial charge in [0.1, 0.15) is 11.5 Å². The largest absolute Gasteiger partial charge is 0.497 e. The van der Waals surface area contributed by atoms with Gasteiger partial charge in [-0.1, -0.05) is 0 Å². The number of nitrogens with zero attached hydrogens (tertiary/aromatic N) is 1. The molecule has 1 saturated heterocycles. The Morgan fingerprint density at radius 1 is 1.32 bits per heavy atom. The van der Waals surface area contributed by atoms with Crippen LogP contribution in [0.15, 0.2) is 18.2 Å². The van der Waals surface area contributed by atoms with Crippen LogP contribution in [0.25, 0.3) is 0 Å². The van der Waals surface area contributed by atoms with Crippen molar-refractivity contribution in [3.63, 3.8) is 0 Å². The number of aliphatic carboxylic acids is 1. The highest BCUT2D eigenvalue weighted by molar-refractivity contribution is 5.81. The van der Waals surface area contributed by atoms with Crippen molar-refractivity contribution >= 4 is 11.9 Å². The van der Waals surface area contributed by atoms with E-state index in [1.807, 2.05) is 0 Å². The number of carboxylic acids is 1. The standard InChI is InChI=1S/C16H21NO5/c1-21-13-5-6-14(22-2)12(8-13)9-15(18)17-7-3-4-11(10-17)16(19)20/h5-6,8,11H,3-4,7,9-10H2,1-2H3,(H,19,20). The number of carbonyl (C=O) groups excluding carboxylic acids is 1. The maximum absolute atomic E-state index is 12.4. The van der Waals surface area contributed by atoms with Crippen molar-refractivity contribution in [2.24, 2.45) is 5.92 Å². The number of hydrogen-bond acceptors (Lipinski definition) is 4. The van der Waals surface area contributed by atoms with Crippen LogP contribution in [0.4, 0.5) is 0 Å². The monoisotopic (exact) mass is 307 g/mol. The van der Waals surface area contributed by atoms with Gasteiger partial charge in [-0.25, -0.2) is 0 Å². The lowest BCUT2D eigenvalue weighted by Gasteiger charge is -2.31. The van der Waals surface area contributed by atoms with Crippen LogP contribution in [-0.4, -0.2) is 49.2 Å². The Morgan fingerprint density at radius 2 is 2.09 bits per heavy atom. The zero-order valence-electron chi connectivity index (χ0n) is 12.9. The summed E-state index contributed by atoms with van der Waals surface area (Å²) in [6.07, 6.45) is 1.52. The highest BCUT2D eigenvalue weighted by atomic mass is 16.5. The van der Waals surface area contributed by atoms with Crippen LogP contribution in [0.3, 0.4) is 0 Å². The predicted molar refractivity (Wildman–Crippen MR) is 80.2 cm³/mol. The third-order valence-electron chi connectivity index (χ3n) is 3.95. The van der Waals surface area contributed by atoms with Gasteiger partial charge in [0, 0.05) is 18.7 Å². The fraction of sp³-hybridized carbons (Fsp3) is 0.500. The Labute approximate surface area is 129 Å². The Morgan fingerprint density at radius 3 is 2.73 bits per heavy atom. The van der Waals surface area contributed by atoms with Gasteiger partial charge in [-0.15, -0.1) is 0 Å². The Kier molecular flexibility index (Phi) is 5.25. The normalized spacial score (nSPS) is 17.9. The number of ether oxygens (including phenoxy) is 2. The Bertz CT molecular complexity index is 557. The summed E-state index contributed by atoms with van der Waals surface area (Å²) < 4.78 is 10.4. The number of carboxylic acid groups (broad SMARTS) is 1. The molecule has 0 aromatic heterocycles. The first kappa shape index (κ1) is 16.1. The van der Waals surface area contributed by atoms with E-state index in [0.717, 1.165) is 12.0 Å². The second kappa shape index (κ2) is 7.15. The van der Waals surface area contributed by atoms with E-state index in [1.165, 1.54) is 0 Å².